The van der Waals surface area contributed by atoms with E-state index in [1.54, 1.807) is 30.3 Å². The number of rotatable bonds is 9. The number of amides is 3. The highest BCUT2D eigenvalue weighted by Crippen LogP contribution is 2.38. The molecule has 0 spiro atoms. The number of hydrogen-bond donors (Lipinski definition) is 2. The molecule has 3 amide bonds. The molecule has 0 aliphatic carbocycles. The molecular weight excluding hydrogens is 528 g/mol. The van der Waals surface area contributed by atoms with Crippen LogP contribution < -0.4 is 14.8 Å². The predicted molar refractivity (Wildman–Crippen MR) is 137 cm³/mol. The van der Waals surface area contributed by atoms with Crippen LogP contribution in [0.1, 0.15) is 34.0 Å². The third-order valence-electron chi connectivity index (χ3n) is 5.37. The second kappa shape index (κ2) is 11.1. The van der Waals surface area contributed by atoms with E-state index in [4.69, 9.17) is 14.6 Å². The lowest BCUT2D eigenvalue weighted by Crippen LogP contribution is -2.30. The number of hydrogen-bond acceptors (Lipinski definition) is 5. The number of ether oxygens (including phenoxy) is 2. The molecule has 0 bridgehead atoms. The van der Waals surface area contributed by atoms with E-state index in [-0.39, 0.29) is 24.4 Å². The highest BCUT2D eigenvalue weighted by atomic mass is 79.9. The molecule has 9 heteroatoms. The van der Waals surface area contributed by atoms with E-state index in [0.29, 0.717) is 28.1 Å². The minimum atomic E-state index is -0.992. The summed E-state index contributed by atoms with van der Waals surface area (Å²) in [5.74, 6) is -0.482. The van der Waals surface area contributed by atoms with Crippen LogP contribution in [0.2, 0.25) is 0 Å². The number of carbonyl (C=O) groups excluding carboxylic acids is 2. The minimum absolute atomic E-state index is 0.164. The molecule has 1 fully saturated rings. The van der Waals surface area contributed by atoms with Gasteiger partial charge in [0.1, 0.15) is 12.3 Å². The van der Waals surface area contributed by atoms with Gasteiger partial charge in [0.2, 0.25) is 0 Å². The van der Waals surface area contributed by atoms with Crippen molar-refractivity contribution in [3.8, 4) is 11.5 Å². The Kier molecular flexibility index (Phi) is 7.70. The van der Waals surface area contributed by atoms with E-state index in [0.717, 1.165) is 16.0 Å². The average molecular weight is 551 g/mol. The summed E-state index contributed by atoms with van der Waals surface area (Å²) in [5, 5.41) is 11.7. The molecule has 8 nitrogen and oxygen atoms in total. The van der Waals surface area contributed by atoms with Gasteiger partial charge in [-0.1, -0.05) is 42.5 Å². The van der Waals surface area contributed by atoms with Crippen LogP contribution in [0.3, 0.4) is 0 Å². The monoisotopic (exact) mass is 550 g/mol. The third-order valence-corrected chi connectivity index (χ3v) is 5.96. The van der Waals surface area contributed by atoms with Gasteiger partial charge < -0.3 is 19.9 Å². The van der Waals surface area contributed by atoms with Gasteiger partial charge in [0.05, 0.1) is 23.2 Å². The first-order valence-electron chi connectivity index (χ1n) is 11.2. The lowest BCUT2D eigenvalue weighted by atomic mass is 10.1. The first kappa shape index (κ1) is 25.0. The normalized spacial score (nSPS) is 14.2. The van der Waals surface area contributed by atoms with Crippen molar-refractivity contribution in [2.24, 2.45) is 0 Å². The fourth-order valence-electron chi connectivity index (χ4n) is 3.62. The van der Waals surface area contributed by atoms with Gasteiger partial charge in [-0.2, -0.15) is 0 Å². The molecule has 3 aromatic rings. The number of carboxylic acids is 1. The second-order valence-corrected chi connectivity index (χ2v) is 8.77. The first-order chi connectivity index (χ1) is 17.4. The summed E-state index contributed by atoms with van der Waals surface area (Å²) in [5.41, 5.74) is 2.63. The Morgan fingerprint density at radius 2 is 1.75 bits per heavy atom. The van der Waals surface area contributed by atoms with Gasteiger partial charge in [-0.05, 0) is 69.9 Å². The van der Waals surface area contributed by atoms with Crippen LogP contribution in [-0.4, -0.2) is 34.5 Å². The molecule has 1 heterocycles. The highest BCUT2D eigenvalue weighted by Gasteiger charge is 2.33. The number of imide groups is 1. The number of carboxylic acid groups (broad SMARTS) is 1. The molecule has 1 aliphatic rings. The zero-order valence-corrected chi connectivity index (χ0v) is 20.9. The predicted octanol–water partition coefficient (Wildman–Crippen LogP) is 5.22. The Morgan fingerprint density at radius 1 is 1.03 bits per heavy atom. The van der Waals surface area contributed by atoms with E-state index in [1.807, 2.05) is 37.3 Å². The van der Waals surface area contributed by atoms with Crippen molar-refractivity contribution in [2.75, 3.05) is 6.61 Å². The summed E-state index contributed by atoms with van der Waals surface area (Å²) >= 11 is 3.51. The minimum Gasteiger partial charge on any atom is -0.490 e. The van der Waals surface area contributed by atoms with Crippen LogP contribution in [0.4, 0.5) is 4.79 Å². The van der Waals surface area contributed by atoms with Crippen LogP contribution in [0, 0.1) is 0 Å². The highest BCUT2D eigenvalue weighted by molar-refractivity contribution is 9.10. The summed E-state index contributed by atoms with van der Waals surface area (Å²) in [6.07, 6.45) is 1.59. The second-order valence-electron chi connectivity index (χ2n) is 7.92. The number of aromatic carboxylic acids is 1. The summed E-state index contributed by atoms with van der Waals surface area (Å²) in [7, 11) is 0. The molecule has 1 saturated heterocycles. The van der Waals surface area contributed by atoms with E-state index in [9.17, 15) is 14.4 Å². The van der Waals surface area contributed by atoms with Crippen LogP contribution >= 0.6 is 15.9 Å². The topological polar surface area (TPSA) is 105 Å². The summed E-state index contributed by atoms with van der Waals surface area (Å²) < 4.78 is 12.3. The van der Waals surface area contributed by atoms with Gasteiger partial charge in [0.25, 0.3) is 5.91 Å². The van der Waals surface area contributed by atoms with Crippen LogP contribution in [-0.2, 0) is 17.9 Å². The number of benzene rings is 3. The van der Waals surface area contributed by atoms with Crippen LogP contribution in [0.15, 0.2) is 76.9 Å². The number of halogens is 1. The average Bonchev–Trinajstić information content (AvgIpc) is 3.12. The van der Waals surface area contributed by atoms with Crippen molar-refractivity contribution in [1.82, 2.24) is 10.2 Å². The standard InChI is InChI=1S/C27H23BrN2O6/c1-2-35-23-14-19(12-21(28)24(23)36-16-18-8-10-20(11-9-18)26(32)33)13-22-25(31)30(27(34)29-22)15-17-6-4-3-5-7-17/h3-14H,2,15-16H2,1H3,(H,29,34)(H,32,33)/b22-13+. The van der Waals surface area contributed by atoms with Crippen molar-refractivity contribution in [2.45, 2.75) is 20.1 Å². The maximum atomic E-state index is 12.9. The van der Waals surface area contributed by atoms with Gasteiger partial charge in [-0.25, -0.2) is 9.59 Å². The van der Waals surface area contributed by atoms with Crippen molar-refractivity contribution in [3.05, 3.63) is 99.2 Å². The van der Waals surface area contributed by atoms with Gasteiger partial charge in [0.15, 0.2) is 11.5 Å². The smallest absolute Gasteiger partial charge is 0.335 e. The summed E-state index contributed by atoms with van der Waals surface area (Å²) in [4.78, 5) is 37.5. The maximum Gasteiger partial charge on any atom is 0.335 e. The van der Waals surface area contributed by atoms with E-state index in [2.05, 4.69) is 21.2 Å². The molecule has 0 radical (unpaired) electrons. The Labute approximate surface area is 216 Å². The number of nitrogens with one attached hydrogen (secondary N) is 1. The molecule has 0 atom stereocenters. The van der Waals surface area contributed by atoms with E-state index in [1.165, 1.54) is 12.1 Å². The zero-order valence-electron chi connectivity index (χ0n) is 19.4. The SMILES string of the molecule is CCOc1cc(/C=C2/NC(=O)N(Cc3ccccc3)C2=O)cc(Br)c1OCc1ccc(C(=O)O)cc1. The summed E-state index contributed by atoms with van der Waals surface area (Å²) in [6, 6.07) is 18.7. The fraction of sp³-hybridized carbons (Fsp3) is 0.148. The molecule has 36 heavy (non-hydrogen) atoms. The molecule has 1 aliphatic heterocycles. The van der Waals surface area contributed by atoms with Crippen molar-refractivity contribution < 1.29 is 29.0 Å². The van der Waals surface area contributed by atoms with Crippen LogP contribution in [0.5, 0.6) is 11.5 Å². The van der Waals surface area contributed by atoms with Crippen molar-refractivity contribution in [1.29, 1.82) is 0 Å². The molecule has 0 saturated carbocycles. The Bertz CT molecular complexity index is 1320. The van der Waals surface area contributed by atoms with Gasteiger partial charge in [-0.15, -0.1) is 0 Å². The Morgan fingerprint density at radius 3 is 2.42 bits per heavy atom. The van der Waals surface area contributed by atoms with Crippen LogP contribution in [0.25, 0.3) is 6.08 Å². The molecule has 4 rings (SSSR count). The number of nitrogens with zero attached hydrogens (tertiary/aromatic N) is 1. The molecular formula is C27H23BrN2O6. The molecule has 0 unspecified atom stereocenters. The number of carbonyl (C=O) groups is 3. The quantitative estimate of drug-likeness (QED) is 0.279. The first-order valence-corrected chi connectivity index (χ1v) is 11.9. The van der Waals surface area contributed by atoms with E-state index >= 15 is 0 Å². The molecule has 2 N–H and O–H groups in total. The van der Waals surface area contributed by atoms with Gasteiger partial charge in [-0.3, -0.25) is 9.69 Å². The summed E-state index contributed by atoms with van der Waals surface area (Å²) in [6.45, 7) is 2.60. The molecule has 0 aromatic heterocycles. The van der Waals surface area contributed by atoms with E-state index < -0.39 is 17.9 Å². The van der Waals surface area contributed by atoms with Gasteiger partial charge in [0, 0.05) is 0 Å². The zero-order chi connectivity index (χ0) is 25.7. The lowest BCUT2D eigenvalue weighted by Gasteiger charge is -2.15. The van der Waals surface area contributed by atoms with Gasteiger partial charge >= 0.3 is 12.0 Å². The molecule has 184 valence electrons. The number of urea groups is 1. The fourth-order valence-corrected chi connectivity index (χ4v) is 4.20. The Hall–Kier alpha value is -4.11. The van der Waals surface area contributed by atoms with Crippen molar-refractivity contribution in [3.63, 3.8) is 0 Å². The Balaban J connectivity index is 1.53. The molecule has 3 aromatic carbocycles. The third kappa shape index (κ3) is 5.75. The van der Waals surface area contributed by atoms with Crippen molar-refractivity contribution >= 4 is 39.9 Å². The largest absolute Gasteiger partial charge is 0.490 e. The lowest BCUT2D eigenvalue weighted by molar-refractivity contribution is -0.123. The maximum absolute atomic E-state index is 12.9.